The highest BCUT2D eigenvalue weighted by molar-refractivity contribution is 5.87. The number of phenols is 1. The maximum Gasteiger partial charge on any atom is 0.326 e. The zero-order chi connectivity index (χ0) is 17.1. The van der Waals surface area contributed by atoms with Gasteiger partial charge >= 0.3 is 12.0 Å². The molecule has 0 fully saturated rings. The van der Waals surface area contributed by atoms with Gasteiger partial charge in [-0.1, -0.05) is 0 Å². The van der Waals surface area contributed by atoms with Gasteiger partial charge in [0.25, 0.3) is 0 Å². The van der Waals surface area contributed by atoms with E-state index in [1.54, 1.807) is 31.4 Å². The number of hydrogen-bond donors (Lipinski definition) is 4. The van der Waals surface area contributed by atoms with Gasteiger partial charge in [0.2, 0.25) is 0 Å². The number of carboxylic acid groups (broad SMARTS) is 1. The smallest absolute Gasteiger partial charge is 0.326 e. The van der Waals surface area contributed by atoms with Crippen LogP contribution >= 0.6 is 0 Å². The Morgan fingerprint density at radius 3 is 2.65 bits per heavy atom. The van der Waals surface area contributed by atoms with Crippen LogP contribution in [0.25, 0.3) is 10.9 Å². The van der Waals surface area contributed by atoms with Crippen LogP contribution in [0.4, 0.5) is 4.79 Å². The summed E-state index contributed by atoms with van der Waals surface area (Å²) in [5, 5.41) is 22.2. The first kappa shape index (κ1) is 16.7. The predicted molar refractivity (Wildman–Crippen MR) is 86.5 cm³/mol. The minimum absolute atomic E-state index is 0.0329. The number of carboxylic acids is 1. The fourth-order valence-corrected chi connectivity index (χ4v) is 2.24. The summed E-state index contributed by atoms with van der Waals surface area (Å²) in [5.74, 6) is -1.00. The summed E-state index contributed by atoms with van der Waals surface area (Å²) >= 11 is 0. The highest BCUT2D eigenvalue weighted by atomic mass is 16.4. The van der Waals surface area contributed by atoms with Crippen LogP contribution in [0, 0.1) is 0 Å². The van der Waals surface area contributed by atoms with Crippen molar-refractivity contribution in [3.63, 3.8) is 0 Å². The number of aromatic nitrogens is 1. The fraction of sp³-hybridized carbons (Fsp3) is 0.375. The summed E-state index contributed by atoms with van der Waals surface area (Å²) in [7, 11) is 1.61. The molecule has 0 aliphatic carbocycles. The first-order valence-electron chi connectivity index (χ1n) is 7.34. The molecule has 2 rings (SSSR count). The van der Waals surface area contributed by atoms with Crippen molar-refractivity contribution in [3.05, 3.63) is 30.0 Å². The van der Waals surface area contributed by atoms with E-state index >= 15 is 0 Å². The molecular formula is C16H21N3O4. The second-order valence-electron chi connectivity index (χ2n) is 5.79. The number of H-pyrrole nitrogens is 1. The van der Waals surface area contributed by atoms with E-state index in [9.17, 15) is 19.8 Å². The molecule has 0 saturated carbocycles. The molecule has 0 aliphatic heterocycles. The minimum Gasteiger partial charge on any atom is -0.508 e. The van der Waals surface area contributed by atoms with Crippen molar-refractivity contribution >= 4 is 22.9 Å². The monoisotopic (exact) mass is 319 g/mol. The molecule has 0 unspecified atom stereocenters. The summed E-state index contributed by atoms with van der Waals surface area (Å²) in [4.78, 5) is 28.0. The van der Waals surface area contributed by atoms with Crippen molar-refractivity contribution in [2.45, 2.75) is 32.4 Å². The van der Waals surface area contributed by atoms with Gasteiger partial charge in [0.05, 0.1) is 0 Å². The quantitative estimate of drug-likeness (QED) is 0.675. The molecule has 1 aromatic carbocycles. The fourth-order valence-electron chi connectivity index (χ4n) is 2.24. The molecule has 7 heteroatoms. The Kier molecular flexibility index (Phi) is 4.78. The predicted octanol–water partition coefficient (Wildman–Crippen LogP) is 1.92. The van der Waals surface area contributed by atoms with Gasteiger partial charge in [-0.2, -0.15) is 0 Å². The maximum absolute atomic E-state index is 12.0. The number of urea groups is 1. The number of phenolic OH excluding ortho intramolecular Hbond substituents is 1. The minimum atomic E-state index is -1.11. The van der Waals surface area contributed by atoms with Gasteiger partial charge in [-0.25, -0.2) is 9.59 Å². The molecule has 4 N–H and O–H groups in total. The molecule has 23 heavy (non-hydrogen) atoms. The zero-order valence-electron chi connectivity index (χ0n) is 13.3. The zero-order valence-corrected chi connectivity index (χ0v) is 13.3. The normalized spacial score (nSPS) is 12.3. The first-order valence-corrected chi connectivity index (χ1v) is 7.34. The number of fused-ring (bicyclic) bond motifs is 1. The van der Waals surface area contributed by atoms with Crippen molar-refractivity contribution < 1.29 is 19.8 Å². The van der Waals surface area contributed by atoms with E-state index in [0.717, 1.165) is 16.5 Å². The molecule has 0 spiro atoms. The lowest BCUT2D eigenvalue weighted by Gasteiger charge is -2.24. The van der Waals surface area contributed by atoms with Crippen LogP contribution in [0.15, 0.2) is 24.4 Å². The Bertz CT molecular complexity index is 723. The van der Waals surface area contributed by atoms with Gasteiger partial charge in [0.15, 0.2) is 0 Å². The molecule has 1 atom stereocenters. The van der Waals surface area contributed by atoms with Crippen molar-refractivity contribution in [2.75, 3.05) is 7.05 Å². The van der Waals surface area contributed by atoms with Crippen molar-refractivity contribution in [3.8, 4) is 5.75 Å². The number of nitrogens with zero attached hydrogens (tertiary/aromatic N) is 1. The lowest BCUT2D eigenvalue weighted by molar-refractivity contribution is -0.139. The van der Waals surface area contributed by atoms with E-state index in [2.05, 4.69) is 10.3 Å². The molecule has 0 bridgehead atoms. The van der Waals surface area contributed by atoms with Crippen LogP contribution in [0.2, 0.25) is 0 Å². The molecule has 0 saturated heterocycles. The summed E-state index contributed by atoms with van der Waals surface area (Å²) in [5.41, 5.74) is 1.52. The second kappa shape index (κ2) is 6.60. The Morgan fingerprint density at radius 2 is 2.04 bits per heavy atom. The lowest BCUT2D eigenvalue weighted by atomic mass is 10.0. The van der Waals surface area contributed by atoms with E-state index in [0.29, 0.717) is 0 Å². The first-order chi connectivity index (χ1) is 10.8. The number of aliphatic carboxylic acids is 1. The van der Waals surface area contributed by atoms with E-state index in [1.807, 2.05) is 13.8 Å². The van der Waals surface area contributed by atoms with Crippen LogP contribution in [0.5, 0.6) is 5.75 Å². The molecule has 0 aliphatic rings. The van der Waals surface area contributed by atoms with Crippen LogP contribution in [-0.2, 0) is 11.2 Å². The number of nitrogens with one attached hydrogen (secondary N) is 2. The van der Waals surface area contributed by atoms with E-state index in [1.165, 1.54) is 4.90 Å². The van der Waals surface area contributed by atoms with Gasteiger partial charge in [-0.3, -0.25) is 0 Å². The van der Waals surface area contributed by atoms with Crippen molar-refractivity contribution in [1.82, 2.24) is 15.2 Å². The average Bonchev–Trinajstić information content (AvgIpc) is 2.87. The van der Waals surface area contributed by atoms with Crippen LogP contribution < -0.4 is 5.32 Å². The number of carbonyl (C=O) groups is 2. The van der Waals surface area contributed by atoms with Gasteiger partial charge in [-0.15, -0.1) is 0 Å². The molecular weight excluding hydrogens is 298 g/mol. The van der Waals surface area contributed by atoms with E-state index in [-0.39, 0.29) is 18.2 Å². The number of carbonyl (C=O) groups excluding carboxylic acids is 1. The highest BCUT2D eigenvalue weighted by Gasteiger charge is 2.24. The van der Waals surface area contributed by atoms with Crippen LogP contribution in [-0.4, -0.2) is 51.2 Å². The molecule has 2 aromatic rings. The summed E-state index contributed by atoms with van der Waals surface area (Å²) < 4.78 is 0. The number of aromatic amines is 1. The Morgan fingerprint density at radius 1 is 1.35 bits per heavy atom. The lowest BCUT2D eigenvalue weighted by Crippen LogP contribution is -2.49. The maximum atomic E-state index is 12.0. The SMILES string of the molecule is CC(C)N(C)C(=O)N[C@@H](Cc1c[nH]c2ccc(O)cc12)C(=O)O. The summed E-state index contributed by atoms with van der Waals surface area (Å²) in [6.07, 6.45) is 1.81. The highest BCUT2D eigenvalue weighted by Crippen LogP contribution is 2.24. The molecule has 1 aromatic heterocycles. The third-order valence-corrected chi connectivity index (χ3v) is 3.87. The molecule has 7 nitrogen and oxygen atoms in total. The largest absolute Gasteiger partial charge is 0.508 e. The summed E-state index contributed by atoms with van der Waals surface area (Å²) in [6.45, 7) is 3.69. The van der Waals surface area contributed by atoms with Crippen LogP contribution in [0.3, 0.4) is 0 Å². The number of amides is 2. The average molecular weight is 319 g/mol. The van der Waals surface area contributed by atoms with E-state index in [4.69, 9.17) is 0 Å². The van der Waals surface area contributed by atoms with Gasteiger partial charge in [0.1, 0.15) is 11.8 Å². The van der Waals surface area contributed by atoms with E-state index < -0.39 is 18.0 Å². The Labute approximate surface area is 133 Å². The Balaban J connectivity index is 2.20. The molecule has 124 valence electrons. The standard InChI is InChI=1S/C16H21N3O4/c1-9(2)19(3)16(23)18-14(15(21)22)6-10-8-17-13-5-4-11(20)7-12(10)13/h4-5,7-9,14,17,20H,6H2,1-3H3,(H,18,23)(H,21,22)/t14-/m0/s1. The molecule has 0 radical (unpaired) electrons. The van der Waals surface area contributed by atoms with Crippen LogP contribution in [0.1, 0.15) is 19.4 Å². The molecule has 2 amide bonds. The number of hydrogen-bond acceptors (Lipinski definition) is 3. The number of benzene rings is 1. The van der Waals surface area contributed by atoms with Gasteiger partial charge in [-0.05, 0) is 37.6 Å². The van der Waals surface area contributed by atoms with Gasteiger partial charge < -0.3 is 25.4 Å². The Hall–Kier alpha value is -2.70. The summed E-state index contributed by atoms with van der Waals surface area (Å²) in [6, 6.07) is 3.32. The van der Waals surface area contributed by atoms with Crippen molar-refractivity contribution in [1.29, 1.82) is 0 Å². The van der Waals surface area contributed by atoms with Gasteiger partial charge in [0, 0.05) is 36.6 Å². The second-order valence-corrected chi connectivity index (χ2v) is 5.79. The number of rotatable bonds is 5. The topological polar surface area (TPSA) is 106 Å². The third kappa shape index (κ3) is 3.74. The molecule has 1 heterocycles. The van der Waals surface area contributed by atoms with Crippen molar-refractivity contribution in [2.24, 2.45) is 0 Å². The number of aromatic hydroxyl groups is 1. The third-order valence-electron chi connectivity index (χ3n) is 3.87.